The molecule has 0 aliphatic carbocycles. The van der Waals surface area contributed by atoms with Gasteiger partial charge in [0.2, 0.25) is 0 Å². The van der Waals surface area contributed by atoms with Gasteiger partial charge in [-0.25, -0.2) is 8.78 Å². The second-order valence-electron chi connectivity index (χ2n) is 4.45. The van der Waals surface area contributed by atoms with Crippen molar-refractivity contribution in [3.8, 4) is 0 Å². The first kappa shape index (κ1) is 13.5. The average Bonchev–Trinajstić information content (AvgIpc) is 2.41. The van der Waals surface area contributed by atoms with Crippen molar-refractivity contribution < 1.29 is 8.78 Å². The van der Waals surface area contributed by atoms with Gasteiger partial charge in [-0.05, 0) is 47.5 Å². The molecule has 0 aromatic heterocycles. The van der Waals surface area contributed by atoms with E-state index >= 15 is 0 Å². The fourth-order valence-corrected chi connectivity index (χ4v) is 1.98. The highest BCUT2D eigenvalue weighted by Crippen LogP contribution is 2.18. The monoisotopic (exact) mass is 262 g/mol. The van der Waals surface area contributed by atoms with Crippen molar-refractivity contribution in [2.75, 3.05) is 11.9 Å². The Bertz CT molecular complexity index is 553. The van der Waals surface area contributed by atoms with E-state index in [2.05, 4.69) is 0 Å². The lowest BCUT2D eigenvalue weighted by atomic mass is 10.1. The molecule has 2 aromatic rings. The minimum absolute atomic E-state index is 0.262. The first-order chi connectivity index (χ1) is 9.10. The fourth-order valence-electron chi connectivity index (χ4n) is 1.98. The highest BCUT2D eigenvalue weighted by atomic mass is 19.1. The van der Waals surface area contributed by atoms with Crippen LogP contribution in [-0.4, -0.2) is 7.05 Å². The number of nitrogens with zero attached hydrogens (tertiary/aromatic N) is 1. The van der Waals surface area contributed by atoms with Gasteiger partial charge in [0.05, 0.1) is 0 Å². The van der Waals surface area contributed by atoms with Crippen LogP contribution < -0.4 is 10.6 Å². The maximum absolute atomic E-state index is 13.1. The summed E-state index contributed by atoms with van der Waals surface area (Å²) in [6.07, 6.45) is 0. The third kappa shape index (κ3) is 3.29. The molecule has 0 saturated carbocycles. The van der Waals surface area contributed by atoms with Crippen molar-refractivity contribution in [3.05, 3.63) is 65.2 Å². The standard InChI is InChI=1S/C15H16F2N2/c1-19(15-6-4-13(16)5-7-15)10-11-2-3-14(17)8-12(11)9-18/h2-8H,9-10,18H2,1H3. The highest BCUT2D eigenvalue weighted by molar-refractivity contribution is 5.46. The lowest BCUT2D eigenvalue weighted by Crippen LogP contribution is -2.18. The Morgan fingerprint density at radius 3 is 2.21 bits per heavy atom. The second-order valence-corrected chi connectivity index (χ2v) is 4.45. The Morgan fingerprint density at radius 1 is 0.947 bits per heavy atom. The Kier molecular flexibility index (Phi) is 4.12. The van der Waals surface area contributed by atoms with Crippen LogP contribution in [-0.2, 0) is 13.1 Å². The molecule has 0 radical (unpaired) electrons. The minimum atomic E-state index is -0.284. The van der Waals surface area contributed by atoms with Gasteiger partial charge >= 0.3 is 0 Å². The zero-order chi connectivity index (χ0) is 13.8. The SMILES string of the molecule is CN(Cc1ccc(F)cc1CN)c1ccc(F)cc1. The molecule has 2 nitrogen and oxygen atoms in total. The van der Waals surface area contributed by atoms with E-state index in [0.717, 1.165) is 16.8 Å². The number of nitrogens with two attached hydrogens (primary N) is 1. The molecule has 2 aromatic carbocycles. The molecule has 0 heterocycles. The van der Waals surface area contributed by atoms with E-state index in [9.17, 15) is 8.78 Å². The molecule has 0 fully saturated rings. The maximum atomic E-state index is 13.1. The Morgan fingerprint density at radius 2 is 1.58 bits per heavy atom. The van der Waals surface area contributed by atoms with Crippen molar-refractivity contribution in [2.45, 2.75) is 13.1 Å². The van der Waals surface area contributed by atoms with Crippen molar-refractivity contribution >= 4 is 5.69 Å². The normalized spacial score (nSPS) is 10.5. The average molecular weight is 262 g/mol. The summed E-state index contributed by atoms with van der Waals surface area (Å²) in [5, 5.41) is 0. The van der Waals surface area contributed by atoms with Crippen LogP contribution >= 0.6 is 0 Å². The molecule has 0 saturated heterocycles. The molecular formula is C15H16F2N2. The zero-order valence-electron chi connectivity index (χ0n) is 10.7. The molecule has 0 aliphatic rings. The van der Waals surface area contributed by atoms with Crippen LogP contribution in [0, 0.1) is 11.6 Å². The molecule has 0 unspecified atom stereocenters. The topological polar surface area (TPSA) is 29.3 Å². The summed E-state index contributed by atoms with van der Waals surface area (Å²) < 4.78 is 26.0. The number of hydrogen-bond acceptors (Lipinski definition) is 2. The first-order valence-electron chi connectivity index (χ1n) is 6.04. The van der Waals surface area contributed by atoms with E-state index in [1.807, 2.05) is 11.9 Å². The molecule has 100 valence electrons. The molecule has 0 spiro atoms. The van der Waals surface area contributed by atoms with Gasteiger partial charge in [0, 0.05) is 25.8 Å². The number of halogens is 2. The molecule has 0 bridgehead atoms. The van der Waals surface area contributed by atoms with Gasteiger partial charge in [0.15, 0.2) is 0 Å². The van der Waals surface area contributed by atoms with E-state index in [1.165, 1.54) is 24.3 Å². The van der Waals surface area contributed by atoms with Crippen LogP contribution in [0.2, 0.25) is 0 Å². The van der Waals surface area contributed by atoms with E-state index in [-0.39, 0.29) is 11.6 Å². The van der Waals surface area contributed by atoms with Gasteiger partial charge in [0.25, 0.3) is 0 Å². The quantitative estimate of drug-likeness (QED) is 0.917. The van der Waals surface area contributed by atoms with E-state index < -0.39 is 0 Å². The van der Waals surface area contributed by atoms with Crippen LogP contribution in [0.15, 0.2) is 42.5 Å². The highest BCUT2D eigenvalue weighted by Gasteiger charge is 2.07. The Hall–Kier alpha value is -1.94. The second kappa shape index (κ2) is 5.80. The van der Waals surface area contributed by atoms with Gasteiger partial charge in [-0.3, -0.25) is 0 Å². The van der Waals surface area contributed by atoms with E-state index in [1.54, 1.807) is 18.2 Å². The summed E-state index contributed by atoms with van der Waals surface area (Å²) in [7, 11) is 1.90. The third-order valence-electron chi connectivity index (χ3n) is 3.06. The third-order valence-corrected chi connectivity index (χ3v) is 3.06. The van der Waals surface area contributed by atoms with Crippen molar-refractivity contribution in [1.29, 1.82) is 0 Å². The van der Waals surface area contributed by atoms with Crippen molar-refractivity contribution in [1.82, 2.24) is 0 Å². The molecule has 0 aliphatic heterocycles. The number of anilines is 1. The number of hydrogen-bond donors (Lipinski definition) is 1. The fraction of sp³-hybridized carbons (Fsp3) is 0.200. The molecule has 2 rings (SSSR count). The lowest BCUT2D eigenvalue weighted by molar-refractivity contribution is 0.623. The minimum Gasteiger partial charge on any atom is -0.370 e. The van der Waals surface area contributed by atoms with Gasteiger partial charge in [-0.15, -0.1) is 0 Å². The van der Waals surface area contributed by atoms with Crippen molar-refractivity contribution in [2.24, 2.45) is 5.73 Å². The van der Waals surface area contributed by atoms with Gasteiger partial charge in [-0.1, -0.05) is 6.07 Å². The summed E-state index contributed by atoms with van der Waals surface area (Å²) in [5.74, 6) is -0.546. The summed E-state index contributed by atoms with van der Waals surface area (Å²) in [6, 6.07) is 10.9. The van der Waals surface area contributed by atoms with Crippen LogP contribution in [0.5, 0.6) is 0 Å². The zero-order valence-corrected chi connectivity index (χ0v) is 10.7. The van der Waals surface area contributed by atoms with Crippen LogP contribution in [0.4, 0.5) is 14.5 Å². The summed E-state index contributed by atoms with van der Waals surface area (Å²) in [5.41, 5.74) is 8.27. The molecule has 19 heavy (non-hydrogen) atoms. The largest absolute Gasteiger partial charge is 0.370 e. The predicted octanol–water partition coefficient (Wildman–Crippen LogP) is 3.06. The Labute approximate surface area is 111 Å². The molecular weight excluding hydrogens is 246 g/mol. The lowest BCUT2D eigenvalue weighted by Gasteiger charge is -2.21. The summed E-state index contributed by atoms with van der Waals surface area (Å²) >= 11 is 0. The smallest absolute Gasteiger partial charge is 0.123 e. The molecule has 2 N–H and O–H groups in total. The molecule has 4 heteroatoms. The molecule has 0 amide bonds. The summed E-state index contributed by atoms with van der Waals surface area (Å²) in [4.78, 5) is 1.96. The van der Waals surface area contributed by atoms with Gasteiger partial charge in [-0.2, -0.15) is 0 Å². The number of benzene rings is 2. The Balaban J connectivity index is 2.18. The van der Waals surface area contributed by atoms with Gasteiger partial charge < -0.3 is 10.6 Å². The maximum Gasteiger partial charge on any atom is 0.123 e. The molecule has 0 atom stereocenters. The predicted molar refractivity (Wildman–Crippen MR) is 72.8 cm³/mol. The summed E-state index contributed by atoms with van der Waals surface area (Å²) in [6.45, 7) is 0.892. The van der Waals surface area contributed by atoms with Crippen LogP contribution in [0.1, 0.15) is 11.1 Å². The van der Waals surface area contributed by atoms with Gasteiger partial charge in [0.1, 0.15) is 11.6 Å². The van der Waals surface area contributed by atoms with E-state index in [0.29, 0.717) is 13.1 Å². The van der Waals surface area contributed by atoms with Crippen LogP contribution in [0.25, 0.3) is 0 Å². The van der Waals surface area contributed by atoms with Crippen LogP contribution in [0.3, 0.4) is 0 Å². The number of rotatable bonds is 4. The van der Waals surface area contributed by atoms with Crippen molar-refractivity contribution in [3.63, 3.8) is 0 Å². The van der Waals surface area contributed by atoms with E-state index in [4.69, 9.17) is 5.73 Å². The first-order valence-corrected chi connectivity index (χ1v) is 6.04.